The van der Waals surface area contributed by atoms with Crippen molar-refractivity contribution in [2.75, 3.05) is 0 Å². The summed E-state index contributed by atoms with van der Waals surface area (Å²) in [6.07, 6.45) is 5.47. The molecule has 6 heteroatoms. The second-order valence-electron chi connectivity index (χ2n) is 7.35. The fourth-order valence-corrected chi connectivity index (χ4v) is 4.48. The minimum absolute atomic E-state index is 0. The number of fused-ring (bicyclic) bond motifs is 2. The molecular weight excluding hydrogens is 355 g/mol. The largest absolute Gasteiger partial charge is 0.451 e. The third-order valence-corrected chi connectivity index (χ3v) is 5.63. The Morgan fingerprint density at radius 2 is 1.73 bits per heavy atom. The summed E-state index contributed by atoms with van der Waals surface area (Å²) in [4.78, 5) is 12.6. The third kappa shape index (κ3) is 3.79. The minimum Gasteiger partial charge on any atom is -0.451 e. The molecule has 2 aromatic rings. The molecule has 0 spiro atoms. The first-order valence-corrected chi connectivity index (χ1v) is 9.02. The Morgan fingerprint density at radius 3 is 2.38 bits per heavy atom. The molecule has 4 rings (SSSR count). The Hall–Kier alpha value is -1.85. The van der Waals surface area contributed by atoms with E-state index in [9.17, 15) is 9.18 Å². The molecule has 2 bridgehead atoms. The maximum absolute atomic E-state index is 13.0. The van der Waals surface area contributed by atoms with Gasteiger partial charge in [0.25, 0.3) is 5.91 Å². The molecule has 0 saturated heterocycles. The number of hydrogen-bond acceptors (Lipinski definition) is 3. The number of hydrogen-bond donors (Lipinski definition) is 2. The Morgan fingerprint density at radius 1 is 1.08 bits per heavy atom. The Balaban J connectivity index is 0.00000196. The fraction of sp³-hybridized carbons (Fsp3) is 0.450. The zero-order chi connectivity index (χ0) is 17.4. The molecule has 2 aliphatic rings. The monoisotopic (exact) mass is 378 g/mol. The number of nitrogens with one attached hydrogen (secondary N) is 1. The first kappa shape index (κ1) is 18.9. The van der Waals surface area contributed by atoms with E-state index in [0.29, 0.717) is 23.4 Å². The Kier molecular flexibility index (Phi) is 5.68. The van der Waals surface area contributed by atoms with Gasteiger partial charge in [-0.25, -0.2) is 4.39 Å². The minimum atomic E-state index is -0.296. The topological polar surface area (TPSA) is 68.3 Å². The van der Waals surface area contributed by atoms with Crippen molar-refractivity contribution in [2.24, 2.45) is 17.6 Å². The molecule has 3 N–H and O–H groups in total. The molecule has 1 heterocycles. The standard InChI is InChI=1S/C20H23FN2O2.ClH/c21-15-6-4-12(5-7-15)17-8-9-18(25-17)20(24)23-19-13-2-1-3-14(19)11-16(22)10-13;/h4-9,13-14,16,19H,1-3,10-11,22H2,(H,23,24);1H. The van der Waals surface area contributed by atoms with E-state index in [2.05, 4.69) is 5.32 Å². The zero-order valence-corrected chi connectivity index (χ0v) is 15.3. The molecule has 2 aliphatic carbocycles. The number of nitrogens with two attached hydrogens (primary N) is 1. The lowest BCUT2D eigenvalue weighted by atomic mass is 9.67. The number of halogens is 2. The molecule has 2 saturated carbocycles. The normalized spacial score (nSPS) is 27.5. The molecule has 2 atom stereocenters. The van der Waals surface area contributed by atoms with Gasteiger partial charge < -0.3 is 15.5 Å². The van der Waals surface area contributed by atoms with Crippen LogP contribution in [-0.4, -0.2) is 18.0 Å². The number of amides is 1. The van der Waals surface area contributed by atoms with E-state index in [1.165, 1.54) is 18.6 Å². The predicted molar refractivity (Wildman–Crippen MR) is 101 cm³/mol. The van der Waals surface area contributed by atoms with Gasteiger partial charge in [0.05, 0.1) is 0 Å². The van der Waals surface area contributed by atoms with Crippen LogP contribution >= 0.6 is 12.4 Å². The lowest BCUT2D eigenvalue weighted by Crippen LogP contribution is -2.53. The first-order chi connectivity index (χ1) is 12.1. The van der Waals surface area contributed by atoms with E-state index in [4.69, 9.17) is 10.2 Å². The van der Waals surface area contributed by atoms with Gasteiger partial charge in [-0.1, -0.05) is 6.42 Å². The van der Waals surface area contributed by atoms with Crippen molar-refractivity contribution >= 4 is 18.3 Å². The summed E-state index contributed by atoms with van der Waals surface area (Å²) in [5.41, 5.74) is 6.90. The summed E-state index contributed by atoms with van der Waals surface area (Å²) >= 11 is 0. The Labute approximate surface area is 158 Å². The van der Waals surface area contributed by atoms with Gasteiger partial charge >= 0.3 is 0 Å². The van der Waals surface area contributed by atoms with Crippen molar-refractivity contribution in [3.8, 4) is 11.3 Å². The van der Waals surface area contributed by atoms with Crippen molar-refractivity contribution < 1.29 is 13.6 Å². The number of benzene rings is 1. The second-order valence-corrected chi connectivity index (χ2v) is 7.35. The maximum Gasteiger partial charge on any atom is 0.287 e. The summed E-state index contributed by atoms with van der Waals surface area (Å²) in [5, 5.41) is 3.18. The number of carbonyl (C=O) groups excluding carboxylic acids is 1. The molecule has 4 nitrogen and oxygen atoms in total. The first-order valence-electron chi connectivity index (χ1n) is 9.02. The molecule has 0 radical (unpaired) electrons. The van der Waals surface area contributed by atoms with Crippen LogP contribution in [0.1, 0.15) is 42.7 Å². The highest BCUT2D eigenvalue weighted by Crippen LogP contribution is 2.39. The molecular formula is C20H24ClFN2O2. The summed E-state index contributed by atoms with van der Waals surface area (Å²) < 4.78 is 18.7. The Bertz CT molecular complexity index is 747. The summed E-state index contributed by atoms with van der Waals surface area (Å²) in [6, 6.07) is 9.93. The van der Waals surface area contributed by atoms with Gasteiger partial charge in [0.15, 0.2) is 5.76 Å². The van der Waals surface area contributed by atoms with Crippen molar-refractivity contribution in [1.82, 2.24) is 5.32 Å². The van der Waals surface area contributed by atoms with Crippen LogP contribution in [0.3, 0.4) is 0 Å². The van der Waals surface area contributed by atoms with Crippen molar-refractivity contribution in [2.45, 2.75) is 44.2 Å². The van der Waals surface area contributed by atoms with E-state index in [0.717, 1.165) is 31.2 Å². The van der Waals surface area contributed by atoms with Crippen LogP contribution in [0.25, 0.3) is 11.3 Å². The zero-order valence-electron chi connectivity index (χ0n) is 14.5. The number of furan rings is 1. The molecule has 1 amide bonds. The van der Waals surface area contributed by atoms with Crippen LogP contribution in [0.4, 0.5) is 4.39 Å². The molecule has 2 unspecified atom stereocenters. The third-order valence-electron chi connectivity index (χ3n) is 5.63. The van der Waals surface area contributed by atoms with E-state index in [1.807, 2.05) is 0 Å². The van der Waals surface area contributed by atoms with Gasteiger partial charge in [0, 0.05) is 17.6 Å². The molecule has 2 fully saturated rings. The number of rotatable bonds is 3. The molecule has 1 aromatic carbocycles. The van der Waals surface area contributed by atoms with Crippen molar-refractivity contribution in [3.63, 3.8) is 0 Å². The lowest BCUT2D eigenvalue weighted by Gasteiger charge is -2.45. The van der Waals surface area contributed by atoms with Crippen LogP contribution < -0.4 is 11.1 Å². The van der Waals surface area contributed by atoms with E-state index >= 15 is 0 Å². The average molecular weight is 379 g/mol. The highest BCUT2D eigenvalue weighted by atomic mass is 35.5. The van der Waals surface area contributed by atoms with E-state index < -0.39 is 0 Å². The van der Waals surface area contributed by atoms with Gasteiger partial charge in [0.1, 0.15) is 11.6 Å². The summed E-state index contributed by atoms with van der Waals surface area (Å²) in [5.74, 6) is 1.33. The molecule has 0 aliphatic heterocycles. The van der Waals surface area contributed by atoms with Gasteiger partial charge in [-0.3, -0.25) is 4.79 Å². The van der Waals surface area contributed by atoms with Crippen LogP contribution in [0.5, 0.6) is 0 Å². The lowest BCUT2D eigenvalue weighted by molar-refractivity contribution is 0.0733. The molecule has 1 aromatic heterocycles. The van der Waals surface area contributed by atoms with Gasteiger partial charge in [0.2, 0.25) is 0 Å². The van der Waals surface area contributed by atoms with Crippen molar-refractivity contribution in [1.29, 1.82) is 0 Å². The van der Waals surface area contributed by atoms with Gasteiger partial charge in [-0.05, 0) is 73.9 Å². The second kappa shape index (κ2) is 7.80. The smallest absolute Gasteiger partial charge is 0.287 e. The predicted octanol–water partition coefficient (Wildman–Crippen LogP) is 4.14. The molecule has 26 heavy (non-hydrogen) atoms. The van der Waals surface area contributed by atoms with Gasteiger partial charge in [-0.15, -0.1) is 12.4 Å². The summed E-state index contributed by atoms with van der Waals surface area (Å²) in [7, 11) is 0. The van der Waals surface area contributed by atoms with E-state index in [-0.39, 0.29) is 36.2 Å². The average Bonchev–Trinajstić information content (AvgIpc) is 3.06. The molecule has 140 valence electrons. The number of carbonyl (C=O) groups is 1. The van der Waals surface area contributed by atoms with Crippen LogP contribution in [0, 0.1) is 17.7 Å². The fourth-order valence-electron chi connectivity index (χ4n) is 4.48. The van der Waals surface area contributed by atoms with Gasteiger partial charge in [-0.2, -0.15) is 0 Å². The van der Waals surface area contributed by atoms with Crippen LogP contribution in [0.2, 0.25) is 0 Å². The maximum atomic E-state index is 13.0. The highest BCUT2D eigenvalue weighted by molar-refractivity contribution is 5.92. The summed E-state index contributed by atoms with van der Waals surface area (Å²) in [6.45, 7) is 0. The van der Waals surface area contributed by atoms with Crippen LogP contribution in [0.15, 0.2) is 40.8 Å². The highest BCUT2D eigenvalue weighted by Gasteiger charge is 2.40. The van der Waals surface area contributed by atoms with Crippen LogP contribution in [-0.2, 0) is 0 Å². The van der Waals surface area contributed by atoms with E-state index in [1.54, 1.807) is 24.3 Å². The van der Waals surface area contributed by atoms with Crippen molar-refractivity contribution in [3.05, 3.63) is 48.0 Å². The SMILES string of the molecule is Cl.NC1CC2CCCC(C1)C2NC(=O)c1ccc(-c2ccc(F)cc2)o1. The quantitative estimate of drug-likeness (QED) is 0.843.